The molecule has 82 valence electrons. The van der Waals surface area contributed by atoms with Gasteiger partial charge in [0.15, 0.2) is 0 Å². The van der Waals surface area contributed by atoms with Crippen molar-refractivity contribution in [1.29, 1.82) is 0 Å². The maximum atomic E-state index is 5.84. The van der Waals surface area contributed by atoms with Gasteiger partial charge in [0.05, 0.1) is 20.1 Å². The summed E-state index contributed by atoms with van der Waals surface area (Å²) in [5.41, 5.74) is 0.0812. The monoisotopic (exact) mass is 343 g/mol. The molecule has 0 saturated carbocycles. The van der Waals surface area contributed by atoms with E-state index in [1.807, 2.05) is 0 Å². The van der Waals surface area contributed by atoms with Gasteiger partial charge in [-0.1, -0.05) is 81.2 Å². The largest absolute Gasteiger partial charge is 0.232 e. The van der Waals surface area contributed by atoms with Crippen molar-refractivity contribution in [3.63, 3.8) is 0 Å². The molecule has 0 spiro atoms. The molecular weight excluding hydrogens is 346 g/mol. The minimum absolute atomic E-state index is 0.0335. The molecule has 1 heterocycles. The smallest absolute Gasteiger partial charge is 0.150 e. The normalized spacial score (nSPS) is 10.3. The van der Waals surface area contributed by atoms with Crippen LogP contribution in [0.25, 0.3) is 5.03 Å². The summed E-state index contributed by atoms with van der Waals surface area (Å²) in [6.45, 7) is 0. The summed E-state index contributed by atoms with van der Waals surface area (Å²) in [7, 11) is 0. The second-order valence-corrected chi connectivity index (χ2v) is 5.09. The molecule has 0 amide bonds. The molecule has 0 atom stereocenters. The molecule has 0 aliphatic rings. The first-order chi connectivity index (χ1) is 6.86. The lowest BCUT2D eigenvalue weighted by atomic mass is 10.3. The van der Waals surface area contributed by atoms with Crippen LogP contribution in [0.2, 0.25) is 20.2 Å². The third-order valence-electron chi connectivity index (χ3n) is 1.36. The molecule has 0 aliphatic carbocycles. The van der Waals surface area contributed by atoms with Crippen molar-refractivity contribution in [2.24, 2.45) is 0 Å². The van der Waals surface area contributed by atoms with E-state index < -0.39 is 0 Å². The predicted octanol–water partition coefficient (Wildman–Crippen LogP) is 6.04. The van der Waals surface area contributed by atoms with Crippen molar-refractivity contribution in [1.82, 2.24) is 4.98 Å². The summed E-state index contributed by atoms with van der Waals surface area (Å²) in [6, 6.07) is 0. The number of hydrogen-bond donors (Lipinski definition) is 0. The molecule has 0 bridgehead atoms. The maximum absolute atomic E-state index is 5.84. The number of aromatic nitrogens is 1. The van der Waals surface area contributed by atoms with Crippen LogP contribution in [0.4, 0.5) is 0 Å². The van der Waals surface area contributed by atoms with Gasteiger partial charge in [-0.3, -0.25) is 0 Å². The lowest BCUT2D eigenvalue weighted by molar-refractivity contribution is 1.29. The Kier molecular flexibility index (Phi) is 5.13. The zero-order valence-electron chi connectivity index (χ0n) is 6.59. The van der Waals surface area contributed by atoms with Gasteiger partial charge in [-0.2, -0.15) is 0 Å². The fourth-order valence-corrected chi connectivity index (χ4v) is 1.91. The molecular formula is C7Cl7N. The first-order valence-electron chi connectivity index (χ1n) is 3.27. The highest BCUT2D eigenvalue weighted by molar-refractivity contribution is 6.67. The van der Waals surface area contributed by atoms with Gasteiger partial charge in [-0.05, 0) is 0 Å². The quantitative estimate of drug-likeness (QED) is 0.565. The Bertz CT molecular complexity index is 435. The van der Waals surface area contributed by atoms with E-state index in [1.165, 1.54) is 0 Å². The van der Waals surface area contributed by atoms with Crippen LogP contribution in [-0.4, -0.2) is 4.98 Å². The van der Waals surface area contributed by atoms with Crippen molar-refractivity contribution in [3.05, 3.63) is 30.4 Å². The molecule has 1 aromatic rings. The van der Waals surface area contributed by atoms with Crippen LogP contribution in [0.3, 0.4) is 0 Å². The van der Waals surface area contributed by atoms with Crippen LogP contribution in [0.5, 0.6) is 0 Å². The van der Waals surface area contributed by atoms with Crippen molar-refractivity contribution in [3.8, 4) is 0 Å². The predicted molar refractivity (Wildman–Crippen MR) is 68.8 cm³/mol. The van der Waals surface area contributed by atoms with Crippen LogP contribution in [-0.2, 0) is 0 Å². The van der Waals surface area contributed by atoms with Crippen LogP contribution in [0.1, 0.15) is 5.69 Å². The molecule has 0 radical (unpaired) electrons. The van der Waals surface area contributed by atoms with Crippen LogP contribution >= 0.6 is 81.2 Å². The molecule has 0 N–H and O–H groups in total. The van der Waals surface area contributed by atoms with E-state index in [0.717, 1.165) is 0 Å². The topological polar surface area (TPSA) is 12.9 Å². The molecule has 0 aliphatic heterocycles. The van der Waals surface area contributed by atoms with Crippen molar-refractivity contribution >= 4 is 86.2 Å². The fourth-order valence-electron chi connectivity index (χ4n) is 0.722. The Labute approximate surface area is 121 Å². The number of nitrogens with zero attached hydrogens (tertiary/aromatic N) is 1. The number of halogens is 7. The minimum atomic E-state index is -0.194. The van der Waals surface area contributed by atoms with E-state index in [4.69, 9.17) is 81.2 Å². The molecule has 0 fully saturated rings. The Hall–Kier alpha value is 0.920. The summed E-state index contributed by atoms with van der Waals surface area (Å²) in [6.07, 6.45) is 0. The molecule has 15 heavy (non-hydrogen) atoms. The van der Waals surface area contributed by atoms with E-state index in [2.05, 4.69) is 4.98 Å². The molecule has 0 aromatic carbocycles. The van der Waals surface area contributed by atoms with Gasteiger partial charge in [0.1, 0.15) is 15.3 Å². The second kappa shape index (κ2) is 5.50. The van der Waals surface area contributed by atoms with Crippen molar-refractivity contribution in [2.75, 3.05) is 0 Å². The molecule has 1 aromatic heterocycles. The first-order valence-corrected chi connectivity index (χ1v) is 5.92. The average Bonchev–Trinajstić information content (AvgIpc) is 2.19. The lowest BCUT2D eigenvalue weighted by Crippen LogP contribution is -1.90. The highest BCUT2D eigenvalue weighted by atomic mass is 35.5. The molecule has 1 rings (SSSR count). The van der Waals surface area contributed by atoms with E-state index in [0.29, 0.717) is 0 Å². The summed E-state index contributed by atoms with van der Waals surface area (Å²) in [4.78, 5) is 3.81. The zero-order valence-corrected chi connectivity index (χ0v) is 11.9. The van der Waals surface area contributed by atoms with Gasteiger partial charge in [0, 0.05) is 0 Å². The third kappa shape index (κ3) is 2.98. The highest BCUT2D eigenvalue weighted by Gasteiger charge is 2.18. The van der Waals surface area contributed by atoms with Gasteiger partial charge in [-0.25, -0.2) is 4.98 Å². The summed E-state index contributed by atoms with van der Waals surface area (Å²) in [5.74, 6) is 0. The van der Waals surface area contributed by atoms with Gasteiger partial charge in [0.25, 0.3) is 0 Å². The van der Waals surface area contributed by atoms with Crippen LogP contribution in [0, 0.1) is 0 Å². The SMILES string of the molecule is ClC(Cl)=C(Cl)c1nc(Cl)c(Cl)c(Cl)c1Cl. The number of rotatable bonds is 1. The first kappa shape index (κ1) is 14.0. The van der Waals surface area contributed by atoms with E-state index in [9.17, 15) is 0 Å². The Morgan fingerprint density at radius 1 is 0.800 bits per heavy atom. The van der Waals surface area contributed by atoms with Gasteiger partial charge in [-0.15, -0.1) is 0 Å². The Balaban J connectivity index is 3.53. The number of hydrogen-bond acceptors (Lipinski definition) is 1. The van der Waals surface area contributed by atoms with Gasteiger partial charge >= 0.3 is 0 Å². The molecule has 0 saturated heterocycles. The summed E-state index contributed by atoms with van der Waals surface area (Å²) < 4.78 is -0.194. The molecule has 1 nitrogen and oxygen atoms in total. The van der Waals surface area contributed by atoms with Crippen LogP contribution in [0.15, 0.2) is 4.49 Å². The van der Waals surface area contributed by atoms with E-state index in [-0.39, 0.29) is 35.4 Å². The summed E-state index contributed by atoms with van der Waals surface area (Å²) >= 11 is 39.7. The maximum Gasteiger partial charge on any atom is 0.150 e. The molecule has 8 heteroatoms. The highest BCUT2D eigenvalue weighted by Crippen LogP contribution is 2.40. The lowest BCUT2D eigenvalue weighted by Gasteiger charge is -2.07. The van der Waals surface area contributed by atoms with E-state index in [1.54, 1.807) is 0 Å². The van der Waals surface area contributed by atoms with E-state index >= 15 is 0 Å². The van der Waals surface area contributed by atoms with Gasteiger partial charge < -0.3 is 0 Å². The zero-order chi connectivity index (χ0) is 11.7. The van der Waals surface area contributed by atoms with Gasteiger partial charge in [0.2, 0.25) is 0 Å². The number of pyridine rings is 1. The average molecular weight is 346 g/mol. The fraction of sp³-hybridized carbons (Fsp3) is 0. The van der Waals surface area contributed by atoms with Crippen LogP contribution < -0.4 is 0 Å². The summed E-state index contributed by atoms with van der Waals surface area (Å²) in [5, 5.41) is 0.0378. The third-order valence-corrected chi connectivity index (χ3v) is 3.98. The second-order valence-electron chi connectivity index (χ2n) is 2.27. The molecule has 0 unspecified atom stereocenters. The Morgan fingerprint density at radius 2 is 1.33 bits per heavy atom. The Morgan fingerprint density at radius 3 is 1.80 bits per heavy atom. The van der Waals surface area contributed by atoms with Crippen molar-refractivity contribution in [2.45, 2.75) is 0 Å². The minimum Gasteiger partial charge on any atom is -0.232 e. The standard InChI is InChI=1S/C7Cl7N/c8-1-2(9)5(4(11)6(12)13)15-7(14)3(1)10. The van der Waals surface area contributed by atoms with Crippen molar-refractivity contribution < 1.29 is 0 Å².